The minimum Gasteiger partial charge on any atom is -0.314 e. The SMILES string of the molecule is CCNC1CCCC(N2CCCC(C(C)C)CC2)C1. The first-order valence-electron chi connectivity index (χ1n) is 8.68. The lowest BCUT2D eigenvalue weighted by Crippen LogP contribution is -2.44. The first-order chi connectivity index (χ1) is 9.20. The Morgan fingerprint density at radius 1 is 1.05 bits per heavy atom. The summed E-state index contributed by atoms with van der Waals surface area (Å²) in [5.41, 5.74) is 0. The number of hydrogen-bond acceptors (Lipinski definition) is 2. The topological polar surface area (TPSA) is 15.3 Å². The summed E-state index contributed by atoms with van der Waals surface area (Å²) in [5, 5.41) is 3.67. The van der Waals surface area contributed by atoms with E-state index in [9.17, 15) is 0 Å². The molecule has 0 amide bonds. The molecule has 3 atom stereocenters. The van der Waals surface area contributed by atoms with E-state index >= 15 is 0 Å². The smallest absolute Gasteiger partial charge is 0.0110 e. The Bertz CT molecular complexity index is 250. The van der Waals surface area contributed by atoms with Crippen molar-refractivity contribution in [3.8, 4) is 0 Å². The normalized spacial score (nSPS) is 34.4. The molecule has 19 heavy (non-hydrogen) atoms. The quantitative estimate of drug-likeness (QED) is 0.835. The maximum atomic E-state index is 3.67. The van der Waals surface area contributed by atoms with Gasteiger partial charge in [-0.25, -0.2) is 0 Å². The zero-order chi connectivity index (χ0) is 13.7. The predicted molar refractivity (Wildman–Crippen MR) is 83.5 cm³/mol. The van der Waals surface area contributed by atoms with Crippen LogP contribution in [0.15, 0.2) is 0 Å². The summed E-state index contributed by atoms with van der Waals surface area (Å²) in [6, 6.07) is 1.65. The van der Waals surface area contributed by atoms with E-state index < -0.39 is 0 Å². The molecule has 3 unspecified atom stereocenters. The average molecular weight is 266 g/mol. The molecule has 0 aromatic rings. The molecule has 0 aromatic carbocycles. The van der Waals surface area contributed by atoms with Gasteiger partial charge in [-0.3, -0.25) is 0 Å². The van der Waals surface area contributed by atoms with Gasteiger partial charge in [0.15, 0.2) is 0 Å². The van der Waals surface area contributed by atoms with Crippen LogP contribution in [-0.4, -0.2) is 36.6 Å². The van der Waals surface area contributed by atoms with E-state index in [1.807, 2.05) is 0 Å². The molecule has 0 spiro atoms. The van der Waals surface area contributed by atoms with E-state index in [4.69, 9.17) is 0 Å². The Labute approximate surface area is 120 Å². The Balaban J connectivity index is 1.83. The molecule has 1 heterocycles. The van der Waals surface area contributed by atoms with Gasteiger partial charge >= 0.3 is 0 Å². The van der Waals surface area contributed by atoms with Crippen molar-refractivity contribution in [1.29, 1.82) is 0 Å². The van der Waals surface area contributed by atoms with E-state index in [1.54, 1.807) is 0 Å². The van der Waals surface area contributed by atoms with Crippen LogP contribution < -0.4 is 5.32 Å². The molecule has 2 fully saturated rings. The molecule has 1 saturated heterocycles. The van der Waals surface area contributed by atoms with Crippen molar-refractivity contribution in [3.63, 3.8) is 0 Å². The molecule has 112 valence electrons. The summed E-state index contributed by atoms with van der Waals surface area (Å²) >= 11 is 0. The number of rotatable bonds is 4. The van der Waals surface area contributed by atoms with Crippen LogP contribution in [0.2, 0.25) is 0 Å². The second kappa shape index (κ2) is 7.64. The fourth-order valence-corrected chi connectivity index (χ4v) is 4.15. The van der Waals surface area contributed by atoms with E-state index in [0.717, 1.165) is 30.5 Å². The van der Waals surface area contributed by atoms with Crippen molar-refractivity contribution in [2.24, 2.45) is 11.8 Å². The third-order valence-corrected chi connectivity index (χ3v) is 5.41. The van der Waals surface area contributed by atoms with Crippen LogP contribution in [0.25, 0.3) is 0 Å². The van der Waals surface area contributed by atoms with Gasteiger partial charge in [-0.05, 0) is 70.0 Å². The molecular formula is C17H34N2. The number of hydrogen-bond donors (Lipinski definition) is 1. The van der Waals surface area contributed by atoms with E-state index in [-0.39, 0.29) is 0 Å². The van der Waals surface area contributed by atoms with Crippen LogP contribution in [0.4, 0.5) is 0 Å². The molecular weight excluding hydrogens is 232 g/mol. The van der Waals surface area contributed by atoms with E-state index in [1.165, 1.54) is 58.0 Å². The van der Waals surface area contributed by atoms with Crippen molar-refractivity contribution in [3.05, 3.63) is 0 Å². The summed E-state index contributed by atoms with van der Waals surface area (Å²) in [4.78, 5) is 2.83. The number of likely N-dealkylation sites (tertiary alicyclic amines) is 1. The standard InChI is InChI=1S/C17H34N2/c1-4-18-16-8-5-9-17(13-16)19-11-6-7-15(10-12-19)14(2)3/h14-18H,4-13H2,1-3H3. The minimum atomic E-state index is 0.785. The lowest BCUT2D eigenvalue weighted by Gasteiger charge is -2.37. The zero-order valence-electron chi connectivity index (χ0n) is 13.3. The van der Waals surface area contributed by atoms with Gasteiger partial charge in [-0.2, -0.15) is 0 Å². The molecule has 1 aliphatic carbocycles. The van der Waals surface area contributed by atoms with Gasteiger partial charge in [0.2, 0.25) is 0 Å². The van der Waals surface area contributed by atoms with Crippen LogP contribution in [0, 0.1) is 11.8 Å². The van der Waals surface area contributed by atoms with Crippen LogP contribution in [-0.2, 0) is 0 Å². The van der Waals surface area contributed by atoms with Gasteiger partial charge in [-0.1, -0.05) is 27.2 Å². The highest BCUT2D eigenvalue weighted by Crippen LogP contribution is 2.29. The Kier molecular flexibility index (Phi) is 6.15. The van der Waals surface area contributed by atoms with Gasteiger partial charge in [0.1, 0.15) is 0 Å². The van der Waals surface area contributed by atoms with E-state index in [0.29, 0.717) is 0 Å². The first-order valence-corrected chi connectivity index (χ1v) is 8.68. The van der Waals surface area contributed by atoms with Crippen LogP contribution in [0.1, 0.15) is 65.7 Å². The summed E-state index contributed by atoms with van der Waals surface area (Å²) in [6.07, 6.45) is 9.95. The lowest BCUT2D eigenvalue weighted by atomic mass is 9.88. The summed E-state index contributed by atoms with van der Waals surface area (Å²) in [6.45, 7) is 10.9. The maximum Gasteiger partial charge on any atom is 0.0110 e. The molecule has 2 aliphatic rings. The summed E-state index contributed by atoms with van der Waals surface area (Å²) in [7, 11) is 0. The zero-order valence-corrected chi connectivity index (χ0v) is 13.3. The first kappa shape index (κ1) is 15.3. The molecule has 1 N–H and O–H groups in total. The molecule has 0 radical (unpaired) electrons. The Morgan fingerprint density at radius 3 is 2.63 bits per heavy atom. The van der Waals surface area contributed by atoms with E-state index in [2.05, 4.69) is 31.0 Å². The highest BCUT2D eigenvalue weighted by molar-refractivity contribution is 4.85. The summed E-state index contributed by atoms with van der Waals surface area (Å²) in [5.74, 6) is 1.85. The van der Waals surface area contributed by atoms with Gasteiger partial charge in [0.25, 0.3) is 0 Å². The second-order valence-corrected chi connectivity index (χ2v) is 7.05. The molecule has 1 saturated carbocycles. The molecule has 2 rings (SSSR count). The number of nitrogens with one attached hydrogen (secondary N) is 1. The van der Waals surface area contributed by atoms with Gasteiger partial charge in [0.05, 0.1) is 0 Å². The van der Waals surface area contributed by atoms with Gasteiger partial charge in [0, 0.05) is 12.1 Å². The highest BCUT2D eigenvalue weighted by atomic mass is 15.2. The summed E-state index contributed by atoms with van der Waals surface area (Å²) < 4.78 is 0. The third kappa shape index (κ3) is 4.46. The maximum absolute atomic E-state index is 3.67. The third-order valence-electron chi connectivity index (χ3n) is 5.41. The lowest BCUT2D eigenvalue weighted by molar-refractivity contribution is 0.141. The van der Waals surface area contributed by atoms with Crippen LogP contribution >= 0.6 is 0 Å². The Hall–Kier alpha value is -0.0800. The minimum absolute atomic E-state index is 0.785. The molecule has 1 aliphatic heterocycles. The number of nitrogens with zero attached hydrogens (tertiary/aromatic N) is 1. The molecule has 0 aromatic heterocycles. The second-order valence-electron chi connectivity index (χ2n) is 7.05. The Morgan fingerprint density at radius 2 is 1.89 bits per heavy atom. The average Bonchev–Trinajstić information content (AvgIpc) is 2.65. The largest absolute Gasteiger partial charge is 0.314 e. The van der Waals surface area contributed by atoms with Crippen LogP contribution in [0.5, 0.6) is 0 Å². The van der Waals surface area contributed by atoms with Crippen molar-refractivity contribution in [2.45, 2.75) is 77.8 Å². The van der Waals surface area contributed by atoms with Crippen molar-refractivity contribution < 1.29 is 0 Å². The monoisotopic (exact) mass is 266 g/mol. The molecule has 2 heteroatoms. The fourth-order valence-electron chi connectivity index (χ4n) is 4.15. The highest BCUT2D eigenvalue weighted by Gasteiger charge is 2.28. The van der Waals surface area contributed by atoms with Crippen LogP contribution in [0.3, 0.4) is 0 Å². The van der Waals surface area contributed by atoms with Crippen molar-refractivity contribution in [2.75, 3.05) is 19.6 Å². The van der Waals surface area contributed by atoms with Crippen molar-refractivity contribution >= 4 is 0 Å². The predicted octanol–water partition coefficient (Wildman–Crippen LogP) is 3.67. The molecule has 0 bridgehead atoms. The molecule has 2 nitrogen and oxygen atoms in total. The van der Waals surface area contributed by atoms with Crippen molar-refractivity contribution in [1.82, 2.24) is 10.2 Å². The van der Waals surface area contributed by atoms with Gasteiger partial charge < -0.3 is 10.2 Å². The fraction of sp³-hybridized carbons (Fsp3) is 1.00. The van der Waals surface area contributed by atoms with Gasteiger partial charge in [-0.15, -0.1) is 0 Å².